The molecule has 6 heteroatoms. The van der Waals surface area contributed by atoms with Crippen molar-refractivity contribution in [2.45, 2.75) is 5.75 Å². The maximum absolute atomic E-state index is 11.1. The number of rotatable bonds is 5. The van der Waals surface area contributed by atoms with Crippen LogP contribution in [0.3, 0.4) is 0 Å². The largest absolute Gasteiger partial charge is 0.396 e. The van der Waals surface area contributed by atoms with Crippen molar-refractivity contribution in [3.05, 3.63) is 29.6 Å². The lowest BCUT2D eigenvalue weighted by Crippen LogP contribution is -2.30. The highest BCUT2D eigenvalue weighted by atomic mass is 32.2. The van der Waals surface area contributed by atoms with Crippen LogP contribution in [0.4, 0.5) is 0 Å². The van der Waals surface area contributed by atoms with Crippen LogP contribution in [-0.2, 0) is 5.75 Å². The van der Waals surface area contributed by atoms with Crippen molar-refractivity contribution in [2.75, 3.05) is 12.4 Å². The van der Waals surface area contributed by atoms with Crippen LogP contribution >= 0.6 is 11.8 Å². The van der Waals surface area contributed by atoms with Crippen molar-refractivity contribution in [1.29, 1.82) is 0 Å². The van der Waals surface area contributed by atoms with Crippen LogP contribution in [-0.4, -0.2) is 28.4 Å². The number of nitrogens with zero attached hydrogens (tertiary/aromatic N) is 1. The van der Waals surface area contributed by atoms with Gasteiger partial charge in [0.15, 0.2) is 0 Å². The Morgan fingerprint density at radius 3 is 2.93 bits per heavy atom. The second-order valence-corrected chi connectivity index (χ2v) is 3.89. The number of aliphatic hydroxyl groups is 1. The topological polar surface area (TPSA) is 88.2 Å². The van der Waals surface area contributed by atoms with Crippen molar-refractivity contribution in [2.24, 2.45) is 5.84 Å². The molecule has 0 atom stereocenters. The first-order valence-corrected chi connectivity index (χ1v) is 5.58. The number of carbonyl (C=O) groups is 1. The van der Waals surface area contributed by atoms with Crippen molar-refractivity contribution >= 4 is 17.7 Å². The summed E-state index contributed by atoms with van der Waals surface area (Å²) >= 11 is 1.59. The Balaban J connectivity index is 2.52. The molecular weight excluding hydrogens is 214 g/mol. The standard InChI is InChI=1S/C9H13N3O2S/c10-12-9(14)7-1-2-8(11-5-7)6-15-4-3-13/h1-2,5,13H,3-4,6,10H2,(H,12,14). The number of thioether (sulfide) groups is 1. The first kappa shape index (κ1) is 12.0. The van der Waals surface area contributed by atoms with Gasteiger partial charge in [-0.3, -0.25) is 15.2 Å². The number of nitrogens with one attached hydrogen (secondary N) is 1. The Bertz CT molecular complexity index is 316. The maximum atomic E-state index is 11.1. The summed E-state index contributed by atoms with van der Waals surface area (Å²) in [7, 11) is 0. The lowest BCUT2D eigenvalue weighted by atomic mass is 10.2. The first-order valence-electron chi connectivity index (χ1n) is 4.42. The number of aromatic nitrogens is 1. The molecule has 0 spiro atoms. The average molecular weight is 227 g/mol. The number of nitrogens with two attached hydrogens (primary N) is 1. The molecule has 0 bridgehead atoms. The molecule has 4 N–H and O–H groups in total. The summed E-state index contributed by atoms with van der Waals surface area (Å²) in [6.07, 6.45) is 1.48. The quantitative estimate of drug-likeness (QED) is 0.283. The summed E-state index contributed by atoms with van der Waals surface area (Å²) in [5, 5.41) is 8.59. The van der Waals surface area contributed by atoms with E-state index in [1.165, 1.54) is 6.20 Å². The molecule has 0 aliphatic heterocycles. The summed E-state index contributed by atoms with van der Waals surface area (Å²) in [4.78, 5) is 15.2. The Morgan fingerprint density at radius 1 is 1.60 bits per heavy atom. The summed E-state index contributed by atoms with van der Waals surface area (Å²) in [6.45, 7) is 0.165. The van der Waals surface area contributed by atoms with Crippen LogP contribution in [0, 0.1) is 0 Å². The minimum atomic E-state index is -0.350. The van der Waals surface area contributed by atoms with Crippen molar-refractivity contribution < 1.29 is 9.90 Å². The summed E-state index contributed by atoms with van der Waals surface area (Å²) in [6, 6.07) is 3.44. The third kappa shape index (κ3) is 3.86. The van der Waals surface area contributed by atoms with Gasteiger partial charge in [0.05, 0.1) is 17.9 Å². The zero-order valence-electron chi connectivity index (χ0n) is 8.14. The average Bonchev–Trinajstić information content (AvgIpc) is 2.29. The van der Waals surface area contributed by atoms with Gasteiger partial charge in [0.1, 0.15) is 0 Å². The predicted octanol–water partition coefficient (Wildman–Crippen LogP) is -0.0894. The number of hydrazine groups is 1. The zero-order valence-corrected chi connectivity index (χ0v) is 8.96. The van der Waals surface area contributed by atoms with E-state index in [0.717, 1.165) is 11.4 Å². The fraction of sp³-hybridized carbons (Fsp3) is 0.333. The molecule has 0 radical (unpaired) electrons. The molecule has 0 aliphatic rings. The number of amides is 1. The van der Waals surface area contributed by atoms with E-state index in [4.69, 9.17) is 10.9 Å². The lowest BCUT2D eigenvalue weighted by Gasteiger charge is -2.01. The number of hydrogen-bond donors (Lipinski definition) is 3. The molecular formula is C9H13N3O2S. The molecule has 1 aromatic heterocycles. The fourth-order valence-corrected chi connectivity index (χ4v) is 1.62. The third-order valence-electron chi connectivity index (χ3n) is 1.70. The van der Waals surface area contributed by atoms with Gasteiger partial charge in [-0.2, -0.15) is 11.8 Å². The van der Waals surface area contributed by atoms with E-state index in [1.54, 1.807) is 23.9 Å². The summed E-state index contributed by atoms with van der Waals surface area (Å²) < 4.78 is 0. The van der Waals surface area contributed by atoms with Crippen molar-refractivity contribution in [3.8, 4) is 0 Å². The predicted molar refractivity (Wildman–Crippen MR) is 59.1 cm³/mol. The van der Waals surface area contributed by atoms with E-state index in [-0.39, 0.29) is 12.5 Å². The van der Waals surface area contributed by atoms with E-state index in [1.807, 2.05) is 5.43 Å². The summed E-state index contributed by atoms with van der Waals surface area (Å²) in [5.41, 5.74) is 3.35. The van der Waals surface area contributed by atoms with Crippen LogP contribution in [0.2, 0.25) is 0 Å². The summed E-state index contributed by atoms with van der Waals surface area (Å²) in [5.74, 6) is 6.05. The van der Waals surface area contributed by atoms with E-state index in [9.17, 15) is 4.79 Å². The number of hydrogen-bond acceptors (Lipinski definition) is 5. The number of carbonyl (C=O) groups excluding carboxylic acids is 1. The minimum absolute atomic E-state index is 0.165. The third-order valence-corrected chi connectivity index (χ3v) is 2.67. The second kappa shape index (κ2) is 6.39. The molecule has 0 saturated heterocycles. The molecule has 82 valence electrons. The first-order chi connectivity index (χ1) is 7.27. The lowest BCUT2D eigenvalue weighted by molar-refractivity contribution is 0.0953. The molecule has 1 heterocycles. The monoisotopic (exact) mass is 227 g/mol. The van der Waals surface area contributed by atoms with Gasteiger partial charge < -0.3 is 5.11 Å². The van der Waals surface area contributed by atoms with Gasteiger partial charge in [0.2, 0.25) is 0 Å². The van der Waals surface area contributed by atoms with Gasteiger partial charge in [0, 0.05) is 17.7 Å². The van der Waals surface area contributed by atoms with Crippen molar-refractivity contribution in [1.82, 2.24) is 10.4 Å². The zero-order chi connectivity index (χ0) is 11.1. The van der Waals surface area contributed by atoms with Gasteiger partial charge in [-0.1, -0.05) is 0 Å². The van der Waals surface area contributed by atoms with Gasteiger partial charge in [-0.15, -0.1) is 0 Å². The highest BCUT2D eigenvalue weighted by Gasteiger charge is 2.03. The van der Waals surface area contributed by atoms with Crippen LogP contribution < -0.4 is 11.3 Å². The smallest absolute Gasteiger partial charge is 0.266 e. The molecule has 0 fully saturated rings. The van der Waals surface area contributed by atoms with Gasteiger partial charge in [-0.25, -0.2) is 5.84 Å². The molecule has 15 heavy (non-hydrogen) atoms. The Kier molecular flexibility index (Phi) is 5.09. The molecule has 0 saturated carbocycles. The second-order valence-electron chi connectivity index (χ2n) is 2.79. The van der Waals surface area contributed by atoms with E-state index in [2.05, 4.69) is 4.98 Å². The SMILES string of the molecule is NNC(=O)c1ccc(CSCCO)nc1. The van der Waals surface area contributed by atoms with Crippen LogP contribution in [0.5, 0.6) is 0 Å². The molecule has 0 aromatic carbocycles. The Hall–Kier alpha value is -1.11. The van der Waals surface area contributed by atoms with E-state index >= 15 is 0 Å². The fourth-order valence-electron chi connectivity index (χ4n) is 0.969. The van der Waals surface area contributed by atoms with Crippen LogP contribution in [0.15, 0.2) is 18.3 Å². The number of aliphatic hydroxyl groups excluding tert-OH is 1. The molecule has 1 rings (SSSR count). The highest BCUT2D eigenvalue weighted by molar-refractivity contribution is 7.98. The Morgan fingerprint density at radius 2 is 2.40 bits per heavy atom. The normalized spacial score (nSPS) is 10.0. The Labute approximate surface area is 92.0 Å². The van der Waals surface area contributed by atoms with Crippen molar-refractivity contribution in [3.63, 3.8) is 0 Å². The van der Waals surface area contributed by atoms with Gasteiger partial charge >= 0.3 is 0 Å². The minimum Gasteiger partial charge on any atom is -0.396 e. The molecule has 0 unspecified atom stereocenters. The number of nitrogen functional groups attached to an aromatic ring is 1. The van der Waals surface area contributed by atoms with E-state index < -0.39 is 0 Å². The molecule has 1 aromatic rings. The molecule has 5 nitrogen and oxygen atoms in total. The highest BCUT2D eigenvalue weighted by Crippen LogP contribution is 2.09. The van der Waals surface area contributed by atoms with Crippen LogP contribution in [0.1, 0.15) is 16.1 Å². The maximum Gasteiger partial charge on any atom is 0.266 e. The van der Waals surface area contributed by atoms with Gasteiger partial charge in [-0.05, 0) is 12.1 Å². The van der Waals surface area contributed by atoms with Gasteiger partial charge in [0.25, 0.3) is 5.91 Å². The van der Waals surface area contributed by atoms with E-state index in [0.29, 0.717) is 11.3 Å². The van der Waals surface area contributed by atoms with Crippen LogP contribution in [0.25, 0.3) is 0 Å². The molecule has 0 aliphatic carbocycles. The molecule has 1 amide bonds. The number of pyridine rings is 1.